The molecule has 0 aliphatic rings. The Hall–Kier alpha value is -1.41. The molecule has 0 spiro atoms. The highest BCUT2D eigenvalue weighted by Gasteiger charge is 2.30. The predicted molar refractivity (Wildman–Crippen MR) is 77.2 cm³/mol. The molecule has 106 valence electrons. The largest absolute Gasteiger partial charge is 0.416 e. The molecule has 8 heteroatoms. The maximum atomic E-state index is 12.6. The molecule has 1 N–H and O–H groups in total. The zero-order valence-corrected chi connectivity index (χ0v) is 12.6. The van der Waals surface area contributed by atoms with Crippen LogP contribution in [0.15, 0.2) is 33.2 Å². The third-order valence-corrected chi connectivity index (χ3v) is 3.56. The summed E-state index contributed by atoms with van der Waals surface area (Å²) in [5.74, 6) is 0. The SMILES string of the molecule is Cc1csc(NN=Cc2cc(Br)cc(C(F)(F)F)c2)n1. The molecule has 0 unspecified atom stereocenters. The Morgan fingerprint density at radius 3 is 2.70 bits per heavy atom. The van der Waals surface area contributed by atoms with Crippen LogP contribution >= 0.6 is 27.3 Å². The van der Waals surface area contributed by atoms with Gasteiger partial charge >= 0.3 is 6.18 Å². The lowest BCUT2D eigenvalue weighted by atomic mass is 10.1. The summed E-state index contributed by atoms with van der Waals surface area (Å²) in [6.07, 6.45) is -3.07. The van der Waals surface area contributed by atoms with E-state index < -0.39 is 11.7 Å². The number of nitrogens with zero attached hydrogens (tertiary/aromatic N) is 2. The molecule has 2 rings (SSSR count). The van der Waals surface area contributed by atoms with E-state index in [2.05, 4.69) is 31.4 Å². The number of thiazole rings is 1. The van der Waals surface area contributed by atoms with Gasteiger partial charge in [-0.3, -0.25) is 5.43 Å². The molecule has 3 nitrogen and oxygen atoms in total. The number of hydrazone groups is 1. The van der Waals surface area contributed by atoms with Crippen LogP contribution < -0.4 is 5.43 Å². The highest BCUT2D eigenvalue weighted by Crippen LogP contribution is 2.31. The number of rotatable bonds is 3. The van der Waals surface area contributed by atoms with Crippen molar-refractivity contribution in [3.05, 3.63) is 44.9 Å². The molecule has 0 saturated heterocycles. The Balaban J connectivity index is 2.15. The third-order valence-electron chi connectivity index (χ3n) is 2.24. The first kappa shape index (κ1) is 15.0. The van der Waals surface area contributed by atoms with Crippen LogP contribution in [0.2, 0.25) is 0 Å². The van der Waals surface area contributed by atoms with Crippen molar-refractivity contribution in [2.75, 3.05) is 5.43 Å². The van der Waals surface area contributed by atoms with E-state index in [0.717, 1.165) is 17.8 Å². The summed E-state index contributed by atoms with van der Waals surface area (Å²) in [6, 6.07) is 3.60. The number of hydrogen-bond acceptors (Lipinski definition) is 4. The Morgan fingerprint density at radius 1 is 1.35 bits per heavy atom. The van der Waals surface area contributed by atoms with Crippen LogP contribution in [0, 0.1) is 6.92 Å². The van der Waals surface area contributed by atoms with Gasteiger partial charge in [0.15, 0.2) is 0 Å². The monoisotopic (exact) mass is 363 g/mol. The number of aryl methyl sites for hydroxylation is 1. The van der Waals surface area contributed by atoms with Gasteiger partial charge in [0, 0.05) is 9.85 Å². The normalized spacial score (nSPS) is 12.1. The van der Waals surface area contributed by atoms with E-state index in [-0.39, 0.29) is 0 Å². The Labute approximate surface area is 125 Å². The number of alkyl halides is 3. The number of halogens is 4. The van der Waals surface area contributed by atoms with E-state index in [4.69, 9.17) is 0 Å². The average Bonchev–Trinajstić information content (AvgIpc) is 2.73. The summed E-state index contributed by atoms with van der Waals surface area (Å²) in [5, 5.41) is 6.31. The molecule has 1 aromatic carbocycles. The predicted octanol–water partition coefficient (Wildman–Crippen LogP) is 4.68. The summed E-state index contributed by atoms with van der Waals surface area (Å²) >= 11 is 4.42. The van der Waals surface area contributed by atoms with Crippen molar-refractivity contribution < 1.29 is 13.2 Å². The fourth-order valence-corrected chi connectivity index (χ4v) is 2.57. The number of nitrogens with one attached hydrogen (secondary N) is 1. The minimum atomic E-state index is -4.38. The first-order valence-corrected chi connectivity index (χ1v) is 7.11. The maximum Gasteiger partial charge on any atom is 0.416 e. The number of aromatic nitrogens is 1. The molecule has 1 aromatic heterocycles. The molecular weight excluding hydrogens is 355 g/mol. The Kier molecular flexibility index (Phi) is 4.44. The van der Waals surface area contributed by atoms with E-state index in [1.165, 1.54) is 17.6 Å². The number of hydrogen-bond donors (Lipinski definition) is 1. The minimum absolute atomic E-state index is 0.340. The van der Waals surface area contributed by atoms with Gasteiger partial charge in [0.1, 0.15) is 0 Å². The second kappa shape index (κ2) is 5.92. The third kappa shape index (κ3) is 4.04. The van der Waals surface area contributed by atoms with Gasteiger partial charge in [-0.15, -0.1) is 11.3 Å². The lowest BCUT2D eigenvalue weighted by Crippen LogP contribution is -2.05. The van der Waals surface area contributed by atoms with Gasteiger partial charge in [0.05, 0.1) is 17.5 Å². The van der Waals surface area contributed by atoms with Crippen LogP contribution in [0.5, 0.6) is 0 Å². The fourth-order valence-electron chi connectivity index (χ4n) is 1.42. The summed E-state index contributed by atoms with van der Waals surface area (Å²) < 4.78 is 38.3. The second-order valence-corrected chi connectivity index (χ2v) is 5.71. The lowest BCUT2D eigenvalue weighted by molar-refractivity contribution is -0.137. The maximum absolute atomic E-state index is 12.6. The van der Waals surface area contributed by atoms with Gasteiger partial charge < -0.3 is 0 Å². The molecule has 1 heterocycles. The molecule has 0 bridgehead atoms. The molecule has 20 heavy (non-hydrogen) atoms. The van der Waals surface area contributed by atoms with E-state index in [1.54, 1.807) is 6.07 Å². The molecule has 0 saturated carbocycles. The Morgan fingerprint density at radius 2 is 2.10 bits per heavy atom. The van der Waals surface area contributed by atoms with Crippen molar-refractivity contribution in [1.82, 2.24) is 4.98 Å². The zero-order chi connectivity index (χ0) is 14.8. The van der Waals surface area contributed by atoms with Crippen LogP contribution in [0.4, 0.5) is 18.3 Å². The topological polar surface area (TPSA) is 37.3 Å². The highest BCUT2D eigenvalue weighted by molar-refractivity contribution is 9.10. The Bertz CT molecular complexity index is 637. The van der Waals surface area contributed by atoms with Gasteiger partial charge in [0.25, 0.3) is 0 Å². The quantitative estimate of drug-likeness (QED) is 0.634. The van der Waals surface area contributed by atoms with Gasteiger partial charge in [0.2, 0.25) is 5.13 Å². The van der Waals surface area contributed by atoms with Crippen molar-refractivity contribution in [3.63, 3.8) is 0 Å². The standard InChI is InChI=1S/C12H9BrF3N3S/c1-7-6-20-11(18-7)19-17-5-8-2-9(12(14,15)16)4-10(13)3-8/h2-6H,1H3,(H,18,19). The van der Waals surface area contributed by atoms with E-state index in [0.29, 0.717) is 15.2 Å². The smallest absolute Gasteiger partial charge is 0.253 e. The molecule has 0 radical (unpaired) electrons. The molecule has 0 atom stereocenters. The molecule has 0 amide bonds. The van der Waals surface area contributed by atoms with Crippen LogP contribution in [-0.4, -0.2) is 11.2 Å². The first-order chi connectivity index (χ1) is 9.34. The van der Waals surface area contributed by atoms with E-state index in [9.17, 15) is 13.2 Å². The number of benzene rings is 1. The summed E-state index contributed by atoms with van der Waals surface area (Å²) in [6.45, 7) is 1.84. The van der Waals surface area contributed by atoms with Crippen molar-refractivity contribution in [1.29, 1.82) is 0 Å². The fraction of sp³-hybridized carbons (Fsp3) is 0.167. The van der Waals surface area contributed by atoms with Gasteiger partial charge in [-0.2, -0.15) is 18.3 Å². The first-order valence-electron chi connectivity index (χ1n) is 5.43. The summed E-state index contributed by atoms with van der Waals surface area (Å²) in [5.41, 5.74) is 3.14. The van der Waals surface area contributed by atoms with E-state index >= 15 is 0 Å². The molecular formula is C12H9BrF3N3S. The second-order valence-electron chi connectivity index (χ2n) is 3.94. The van der Waals surface area contributed by atoms with E-state index in [1.807, 2.05) is 12.3 Å². The van der Waals surface area contributed by atoms with Gasteiger partial charge in [-0.1, -0.05) is 15.9 Å². The number of anilines is 1. The summed E-state index contributed by atoms with van der Waals surface area (Å²) in [7, 11) is 0. The molecule has 0 aliphatic heterocycles. The van der Waals surface area contributed by atoms with Crippen LogP contribution in [0.1, 0.15) is 16.8 Å². The van der Waals surface area contributed by atoms with Gasteiger partial charge in [-0.25, -0.2) is 4.98 Å². The van der Waals surface area contributed by atoms with Crippen LogP contribution in [0.3, 0.4) is 0 Å². The van der Waals surface area contributed by atoms with Crippen LogP contribution in [0.25, 0.3) is 0 Å². The van der Waals surface area contributed by atoms with Crippen molar-refractivity contribution in [2.24, 2.45) is 5.10 Å². The van der Waals surface area contributed by atoms with Crippen molar-refractivity contribution in [3.8, 4) is 0 Å². The summed E-state index contributed by atoms with van der Waals surface area (Å²) in [4.78, 5) is 4.12. The molecule has 0 fully saturated rings. The lowest BCUT2D eigenvalue weighted by Gasteiger charge is -2.07. The van der Waals surface area contributed by atoms with Crippen molar-refractivity contribution in [2.45, 2.75) is 13.1 Å². The van der Waals surface area contributed by atoms with Gasteiger partial charge in [-0.05, 0) is 30.7 Å². The molecule has 2 aromatic rings. The molecule has 0 aliphatic carbocycles. The average molecular weight is 364 g/mol. The highest BCUT2D eigenvalue weighted by atomic mass is 79.9. The zero-order valence-electron chi connectivity index (χ0n) is 10.2. The van der Waals surface area contributed by atoms with Crippen molar-refractivity contribution >= 4 is 38.6 Å². The van der Waals surface area contributed by atoms with Crippen LogP contribution in [-0.2, 0) is 6.18 Å². The minimum Gasteiger partial charge on any atom is -0.253 e.